The highest BCUT2D eigenvalue weighted by Crippen LogP contribution is 2.35. The lowest BCUT2D eigenvalue weighted by Gasteiger charge is -2.14. The normalized spacial score (nSPS) is 13.3. The van der Waals surface area contributed by atoms with Crippen molar-refractivity contribution in [3.63, 3.8) is 0 Å². The van der Waals surface area contributed by atoms with Crippen molar-refractivity contribution >= 4 is 38.9 Å². The van der Waals surface area contributed by atoms with Gasteiger partial charge in [0.25, 0.3) is 6.43 Å². The second-order valence-electron chi connectivity index (χ2n) is 3.37. The van der Waals surface area contributed by atoms with Crippen molar-refractivity contribution in [3.8, 4) is 0 Å². The number of thiophene rings is 1. The number of halogens is 4. The van der Waals surface area contributed by atoms with Crippen LogP contribution in [0.25, 0.3) is 0 Å². The predicted octanol–water partition coefficient (Wildman–Crippen LogP) is 4.10. The monoisotopic (exact) mass is 347 g/mol. The summed E-state index contributed by atoms with van der Waals surface area (Å²) in [6, 6.07) is 2.00. The van der Waals surface area contributed by atoms with Gasteiger partial charge < -0.3 is 10.1 Å². The van der Waals surface area contributed by atoms with Crippen LogP contribution in [0, 0.1) is 0 Å². The first-order valence-electron chi connectivity index (χ1n) is 5.02. The summed E-state index contributed by atoms with van der Waals surface area (Å²) in [6.07, 6.45) is -1.78. The number of alkyl halides is 2. The Morgan fingerprint density at radius 2 is 2.29 bits per heavy atom. The van der Waals surface area contributed by atoms with Crippen LogP contribution < -0.4 is 5.32 Å². The van der Waals surface area contributed by atoms with Gasteiger partial charge in [0.15, 0.2) is 0 Å². The van der Waals surface area contributed by atoms with Crippen molar-refractivity contribution in [3.05, 3.63) is 19.8 Å². The molecule has 0 bridgehead atoms. The topological polar surface area (TPSA) is 21.3 Å². The average Bonchev–Trinajstić information content (AvgIpc) is 2.59. The van der Waals surface area contributed by atoms with Crippen LogP contribution in [0.15, 0.2) is 10.5 Å². The molecule has 0 spiro atoms. The molecule has 1 N–H and O–H groups in total. The maximum absolute atomic E-state index is 11.9. The molecular weight excluding hydrogens is 336 g/mol. The maximum Gasteiger partial charge on any atom is 0.261 e. The molecule has 0 aliphatic heterocycles. The van der Waals surface area contributed by atoms with Gasteiger partial charge in [0, 0.05) is 22.0 Å². The van der Waals surface area contributed by atoms with Gasteiger partial charge in [-0.1, -0.05) is 11.6 Å². The summed E-state index contributed by atoms with van der Waals surface area (Å²) in [4.78, 5) is 1.06. The number of nitrogens with one attached hydrogen (secondary N) is 1. The fourth-order valence-electron chi connectivity index (χ4n) is 1.34. The van der Waals surface area contributed by atoms with Crippen molar-refractivity contribution in [1.29, 1.82) is 0 Å². The van der Waals surface area contributed by atoms with E-state index in [1.54, 1.807) is 0 Å². The molecule has 0 saturated carbocycles. The molecule has 1 rings (SSSR count). The Hall–Kier alpha value is 0.250. The Bertz CT molecular complexity index is 332. The van der Waals surface area contributed by atoms with Crippen LogP contribution in [0.4, 0.5) is 8.78 Å². The Morgan fingerprint density at radius 1 is 1.59 bits per heavy atom. The molecule has 0 aliphatic rings. The third-order valence-corrected chi connectivity index (χ3v) is 4.74. The van der Waals surface area contributed by atoms with Gasteiger partial charge in [0.1, 0.15) is 10.9 Å². The van der Waals surface area contributed by atoms with Crippen molar-refractivity contribution in [2.75, 3.05) is 20.3 Å². The molecule has 0 aliphatic carbocycles. The Labute approximate surface area is 116 Å². The first kappa shape index (κ1) is 15.3. The fourth-order valence-corrected chi connectivity index (χ4v) is 3.22. The van der Waals surface area contributed by atoms with Gasteiger partial charge in [-0.05, 0) is 35.5 Å². The molecule has 1 unspecified atom stereocenters. The van der Waals surface area contributed by atoms with Crippen LogP contribution >= 0.6 is 38.9 Å². The maximum atomic E-state index is 11.9. The highest BCUT2D eigenvalue weighted by Gasteiger charge is 2.14. The van der Waals surface area contributed by atoms with E-state index in [0.717, 1.165) is 9.35 Å². The quantitative estimate of drug-likeness (QED) is 0.749. The highest BCUT2D eigenvalue weighted by atomic mass is 79.9. The third-order valence-electron chi connectivity index (χ3n) is 2.15. The van der Waals surface area contributed by atoms with Gasteiger partial charge in [-0.2, -0.15) is 0 Å². The average molecular weight is 349 g/mol. The molecule has 0 fully saturated rings. The standard InChI is InChI=1S/C10H13BrClF2NOS/c1-15-7(2-3-16-5-9(13)14)8-4-6(11)10(12)17-8/h4,7,9,15H,2-3,5H2,1H3. The second-order valence-corrected chi connectivity index (χ2v) is 5.91. The lowest BCUT2D eigenvalue weighted by molar-refractivity contribution is 0.0146. The van der Waals surface area contributed by atoms with Gasteiger partial charge >= 0.3 is 0 Å². The summed E-state index contributed by atoms with van der Waals surface area (Å²) in [6.45, 7) is -0.214. The van der Waals surface area contributed by atoms with Crippen LogP contribution in [0.3, 0.4) is 0 Å². The molecule has 17 heavy (non-hydrogen) atoms. The van der Waals surface area contributed by atoms with Gasteiger partial charge in [-0.3, -0.25) is 0 Å². The summed E-state index contributed by atoms with van der Waals surface area (Å²) < 4.78 is 30.1. The third kappa shape index (κ3) is 5.18. The van der Waals surface area contributed by atoms with Gasteiger partial charge in [0.2, 0.25) is 0 Å². The number of rotatable bonds is 7. The van der Waals surface area contributed by atoms with E-state index in [-0.39, 0.29) is 6.04 Å². The minimum absolute atomic E-state index is 0.0708. The predicted molar refractivity (Wildman–Crippen MR) is 70.3 cm³/mol. The van der Waals surface area contributed by atoms with Gasteiger partial charge in [-0.15, -0.1) is 11.3 Å². The molecule has 1 aromatic rings. The second kappa shape index (κ2) is 7.63. The SMILES string of the molecule is CNC(CCOCC(F)F)c1cc(Br)c(Cl)s1. The van der Waals surface area contributed by atoms with Gasteiger partial charge in [-0.25, -0.2) is 8.78 Å². The van der Waals surface area contributed by atoms with Crippen LogP contribution in [-0.2, 0) is 4.74 Å². The summed E-state index contributed by atoms with van der Waals surface area (Å²) >= 11 is 10.7. The number of hydrogen-bond donors (Lipinski definition) is 1. The van der Waals surface area contributed by atoms with E-state index in [1.807, 2.05) is 13.1 Å². The number of ether oxygens (including phenoxy) is 1. The summed E-state index contributed by atoms with van der Waals surface area (Å²) in [5, 5.41) is 3.11. The van der Waals surface area contributed by atoms with Crippen LogP contribution in [-0.4, -0.2) is 26.7 Å². The first-order chi connectivity index (χ1) is 8.04. The largest absolute Gasteiger partial charge is 0.375 e. The molecule has 0 radical (unpaired) electrons. The molecular formula is C10H13BrClF2NOS. The Morgan fingerprint density at radius 3 is 2.76 bits per heavy atom. The lowest BCUT2D eigenvalue weighted by Crippen LogP contribution is -2.18. The van der Waals surface area contributed by atoms with Crippen LogP contribution in [0.1, 0.15) is 17.3 Å². The summed E-state index contributed by atoms with van der Waals surface area (Å²) in [7, 11) is 1.82. The zero-order valence-electron chi connectivity index (χ0n) is 9.18. The van der Waals surface area contributed by atoms with E-state index in [1.165, 1.54) is 11.3 Å². The zero-order chi connectivity index (χ0) is 12.8. The van der Waals surface area contributed by atoms with E-state index < -0.39 is 13.0 Å². The molecule has 7 heteroatoms. The smallest absolute Gasteiger partial charge is 0.261 e. The minimum Gasteiger partial charge on any atom is -0.375 e. The van der Waals surface area contributed by atoms with Gasteiger partial charge in [0.05, 0.1) is 0 Å². The molecule has 2 nitrogen and oxygen atoms in total. The highest BCUT2D eigenvalue weighted by molar-refractivity contribution is 9.10. The van der Waals surface area contributed by atoms with Crippen molar-refractivity contribution in [2.45, 2.75) is 18.9 Å². The Kier molecular flexibility index (Phi) is 6.87. The first-order valence-corrected chi connectivity index (χ1v) is 7.01. The number of hydrogen-bond acceptors (Lipinski definition) is 3. The molecule has 1 atom stereocenters. The van der Waals surface area contributed by atoms with Crippen LogP contribution in [0.2, 0.25) is 4.34 Å². The van der Waals surface area contributed by atoms with Crippen molar-refractivity contribution in [2.24, 2.45) is 0 Å². The van der Waals surface area contributed by atoms with E-state index >= 15 is 0 Å². The van der Waals surface area contributed by atoms with E-state index in [2.05, 4.69) is 21.2 Å². The molecule has 98 valence electrons. The van der Waals surface area contributed by atoms with Crippen molar-refractivity contribution in [1.82, 2.24) is 5.32 Å². The Balaban J connectivity index is 2.43. The molecule has 1 aromatic heterocycles. The minimum atomic E-state index is -2.41. The summed E-state index contributed by atoms with van der Waals surface area (Å²) in [5.74, 6) is 0. The van der Waals surface area contributed by atoms with E-state index in [4.69, 9.17) is 16.3 Å². The van der Waals surface area contributed by atoms with E-state index in [9.17, 15) is 8.78 Å². The lowest BCUT2D eigenvalue weighted by atomic mass is 10.2. The summed E-state index contributed by atoms with van der Waals surface area (Å²) in [5.41, 5.74) is 0. The molecule has 0 amide bonds. The van der Waals surface area contributed by atoms with Crippen LogP contribution in [0.5, 0.6) is 0 Å². The molecule has 0 saturated heterocycles. The molecule has 1 heterocycles. The molecule has 0 aromatic carbocycles. The van der Waals surface area contributed by atoms with Crippen molar-refractivity contribution < 1.29 is 13.5 Å². The fraction of sp³-hybridized carbons (Fsp3) is 0.600. The zero-order valence-corrected chi connectivity index (χ0v) is 12.3. The van der Waals surface area contributed by atoms with E-state index in [0.29, 0.717) is 17.4 Å².